The number of carbonyl (C=O) groups excluding carboxylic acids is 2. The molecule has 5 heteroatoms. The molecule has 2 N–H and O–H groups in total. The summed E-state index contributed by atoms with van der Waals surface area (Å²) in [5.74, 6) is -0.0968. The first-order valence-electron chi connectivity index (χ1n) is 5.06. The van der Waals surface area contributed by atoms with E-state index in [0.29, 0.717) is 25.4 Å². The molecule has 0 aromatic carbocycles. The topological polar surface area (TPSA) is 87.2 Å². The Morgan fingerprint density at radius 1 is 1.40 bits per heavy atom. The molecule has 15 heavy (non-hydrogen) atoms. The molecule has 0 bridgehead atoms. The van der Waals surface area contributed by atoms with E-state index >= 15 is 0 Å². The summed E-state index contributed by atoms with van der Waals surface area (Å²) in [7, 11) is 0. The van der Waals surface area contributed by atoms with Gasteiger partial charge in [0.1, 0.15) is 6.42 Å². The van der Waals surface area contributed by atoms with Crippen LogP contribution >= 0.6 is 0 Å². The third kappa shape index (κ3) is 3.58. The summed E-state index contributed by atoms with van der Waals surface area (Å²) in [6.07, 6.45) is 1.96. The van der Waals surface area contributed by atoms with Crippen molar-refractivity contribution in [2.45, 2.75) is 25.7 Å². The van der Waals surface area contributed by atoms with Crippen molar-refractivity contribution in [1.29, 1.82) is 5.26 Å². The van der Waals surface area contributed by atoms with Crippen molar-refractivity contribution < 1.29 is 9.59 Å². The Kier molecular flexibility index (Phi) is 4.10. The number of nitrogens with two attached hydrogens (primary N) is 1. The van der Waals surface area contributed by atoms with Gasteiger partial charge >= 0.3 is 0 Å². The molecule has 0 radical (unpaired) electrons. The Morgan fingerprint density at radius 2 is 2.00 bits per heavy atom. The van der Waals surface area contributed by atoms with E-state index in [-0.39, 0.29) is 18.2 Å². The summed E-state index contributed by atoms with van der Waals surface area (Å²) >= 11 is 0. The molecule has 5 nitrogen and oxygen atoms in total. The Bertz CT molecular complexity index is 288. The first kappa shape index (κ1) is 11.5. The molecule has 1 rings (SSSR count). The number of nitriles is 1. The van der Waals surface area contributed by atoms with Crippen LogP contribution in [0.5, 0.6) is 0 Å². The van der Waals surface area contributed by atoms with Gasteiger partial charge in [-0.15, -0.1) is 0 Å². The summed E-state index contributed by atoms with van der Waals surface area (Å²) in [6, 6.07) is 1.84. The third-order valence-corrected chi connectivity index (χ3v) is 2.69. The Labute approximate surface area is 88.8 Å². The van der Waals surface area contributed by atoms with Gasteiger partial charge in [0.05, 0.1) is 6.07 Å². The first-order valence-corrected chi connectivity index (χ1v) is 5.06. The lowest BCUT2D eigenvalue weighted by atomic mass is 9.93. The summed E-state index contributed by atoms with van der Waals surface area (Å²) in [5.41, 5.74) is 5.10. The van der Waals surface area contributed by atoms with Crippen molar-refractivity contribution in [3.8, 4) is 6.07 Å². The minimum Gasteiger partial charge on any atom is -0.370 e. The molecule has 1 aliphatic rings. The van der Waals surface area contributed by atoms with Crippen LogP contribution in [0.2, 0.25) is 0 Å². The average molecular weight is 209 g/mol. The van der Waals surface area contributed by atoms with E-state index in [1.165, 1.54) is 0 Å². The third-order valence-electron chi connectivity index (χ3n) is 2.69. The van der Waals surface area contributed by atoms with Crippen LogP contribution in [-0.2, 0) is 9.59 Å². The maximum Gasteiger partial charge on any atom is 0.236 e. The van der Waals surface area contributed by atoms with Gasteiger partial charge in [0.15, 0.2) is 0 Å². The fourth-order valence-electron chi connectivity index (χ4n) is 1.85. The molecule has 0 saturated carbocycles. The van der Waals surface area contributed by atoms with Crippen LogP contribution < -0.4 is 5.73 Å². The standard InChI is InChI=1S/C10H15N3O2/c11-4-1-10(15)13-5-2-8(3-6-13)7-9(12)14/h8H,1-3,5-7H2,(H2,12,14). The van der Waals surface area contributed by atoms with Crippen molar-refractivity contribution in [3.63, 3.8) is 0 Å². The molecule has 1 aliphatic heterocycles. The van der Waals surface area contributed by atoms with Crippen molar-refractivity contribution in [1.82, 2.24) is 4.90 Å². The summed E-state index contributed by atoms with van der Waals surface area (Å²) in [5, 5.41) is 8.38. The normalized spacial score (nSPS) is 17.1. The van der Waals surface area contributed by atoms with E-state index < -0.39 is 0 Å². The van der Waals surface area contributed by atoms with Crippen LogP contribution in [0.4, 0.5) is 0 Å². The van der Waals surface area contributed by atoms with Gasteiger partial charge in [-0.3, -0.25) is 9.59 Å². The second-order valence-corrected chi connectivity index (χ2v) is 3.83. The zero-order chi connectivity index (χ0) is 11.3. The van der Waals surface area contributed by atoms with E-state index in [4.69, 9.17) is 11.0 Å². The highest BCUT2D eigenvalue weighted by Gasteiger charge is 2.23. The SMILES string of the molecule is N#CCC(=O)N1CCC(CC(N)=O)CC1. The molecular formula is C10H15N3O2. The predicted octanol–water partition coefficient (Wildman–Crippen LogP) is 0.0141. The number of amides is 2. The molecule has 0 unspecified atom stereocenters. The minimum atomic E-state index is -0.281. The summed E-state index contributed by atoms with van der Waals surface area (Å²) in [6.45, 7) is 1.27. The number of rotatable bonds is 3. The van der Waals surface area contributed by atoms with Gasteiger partial charge in [-0.05, 0) is 18.8 Å². The molecule has 1 heterocycles. The van der Waals surface area contributed by atoms with E-state index in [1.807, 2.05) is 6.07 Å². The van der Waals surface area contributed by atoms with Gasteiger partial charge in [0.25, 0.3) is 0 Å². The molecule has 1 fully saturated rings. The van der Waals surface area contributed by atoms with Gasteiger partial charge in [-0.2, -0.15) is 5.26 Å². The molecule has 0 spiro atoms. The number of primary amides is 1. The molecule has 2 amide bonds. The average Bonchev–Trinajstić information content (AvgIpc) is 2.18. The lowest BCUT2D eigenvalue weighted by Crippen LogP contribution is -2.39. The van der Waals surface area contributed by atoms with E-state index in [9.17, 15) is 9.59 Å². The van der Waals surface area contributed by atoms with Crippen LogP contribution in [0.3, 0.4) is 0 Å². The number of hydrogen-bond acceptors (Lipinski definition) is 3. The number of carbonyl (C=O) groups is 2. The summed E-state index contributed by atoms with van der Waals surface area (Å²) in [4.78, 5) is 23.7. The smallest absolute Gasteiger partial charge is 0.236 e. The lowest BCUT2D eigenvalue weighted by Gasteiger charge is -2.31. The second-order valence-electron chi connectivity index (χ2n) is 3.83. The lowest BCUT2D eigenvalue weighted by molar-refractivity contribution is -0.131. The van der Waals surface area contributed by atoms with Crippen LogP contribution in [0.1, 0.15) is 25.7 Å². The van der Waals surface area contributed by atoms with Crippen molar-refractivity contribution >= 4 is 11.8 Å². The maximum atomic E-state index is 11.3. The zero-order valence-electron chi connectivity index (χ0n) is 8.61. The first-order chi connectivity index (χ1) is 7.13. The maximum absolute atomic E-state index is 11.3. The Hall–Kier alpha value is -1.57. The van der Waals surface area contributed by atoms with Crippen molar-refractivity contribution in [2.24, 2.45) is 11.7 Å². The van der Waals surface area contributed by atoms with Crippen LogP contribution in [0.15, 0.2) is 0 Å². The van der Waals surface area contributed by atoms with Crippen molar-refractivity contribution in [2.75, 3.05) is 13.1 Å². The largest absolute Gasteiger partial charge is 0.370 e. The van der Waals surface area contributed by atoms with Gasteiger partial charge in [-0.1, -0.05) is 0 Å². The molecular weight excluding hydrogens is 194 g/mol. The molecule has 0 aromatic rings. The number of piperidine rings is 1. The van der Waals surface area contributed by atoms with Gasteiger partial charge in [0, 0.05) is 19.5 Å². The van der Waals surface area contributed by atoms with E-state index in [0.717, 1.165) is 12.8 Å². The number of likely N-dealkylation sites (tertiary alicyclic amines) is 1. The monoisotopic (exact) mass is 209 g/mol. The molecule has 1 saturated heterocycles. The highest BCUT2D eigenvalue weighted by molar-refractivity contribution is 5.78. The predicted molar refractivity (Wildman–Crippen MR) is 53.3 cm³/mol. The van der Waals surface area contributed by atoms with Crippen LogP contribution in [-0.4, -0.2) is 29.8 Å². The molecule has 82 valence electrons. The molecule has 0 aliphatic carbocycles. The molecule has 0 atom stereocenters. The fraction of sp³-hybridized carbons (Fsp3) is 0.700. The second kappa shape index (κ2) is 5.35. The van der Waals surface area contributed by atoms with Gasteiger partial charge in [0.2, 0.25) is 11.8 Å². The van der Waals surface area contributed by atoms with E-state index in [2.05, 4.69) is 0 Å². The number of nitrogens with zero attached hydrogens (tertiary/aromatic N) is 2. The minimum absolute atomic E-state index is 0.0551. The fourth-order valence-corrected chi connectivity index (χ4v) is 1.85. The summed E-state index contributed by atoms with van der Waals surface area (Å²) < 4.78 is 0. The zero-order valence-corrected chi connectivity index (χ0v) is 8.61. The van der Waals surface area contributed by atoms with Crippen LogP contribution in [0.25, 0.3) is 0 Å². The highest BCUT2D eigenvalue weighted by Crippen LogP contribution is 2.20. The highest BCUT2D eigenvalue weighted by atomic mass is 16.2. The van der Waals surface area contributed by atoms with Crippen LogP contribution in [0, 0.1) is 17.2 Å². The quantitative estimate of drug-likeness (QED) is 0.710. The van der Waals surface area contributed by atoms with E-state index in [1.54, 1.807) is 4.90 Å². The molecule has 0 aromatic heterocycles. The van der Waals surface area contributed by atoms with Gasteiger partial charge in [-0.25, -0.2) is 0 Å². The van der Waals surface area contributed by atoms with Gasteiger partial charge < -0.3 is 10.6 Å². The van der Waals surface area contributed by atoms with Crippen molar-refractivity contribution in [3.05, 3.63) is 0 Å². The Morgan fingerprint density at radius 3 is 2.47 bits per heavy atom. The Balaban J connectivity index is 2.33. The number of hydrogen-bond donors (Lipinski definition) is 1.